The third-order valence-electron chi connectivity index (χ3n) is 2.70. The van der Waals surface area contributed by atoms with E-state index in [4.69, 9.17) is 0 Å². The topological polar surface area (TPSA) is 58.2 Å². The summed E-state index contributed by atoms with van der Waals surface area (Å²) < 4.78 is 11.2. The first-order valence-electron chi connectivity index (χ1n) is 6.00. The third kappa shape index (κ3) is 4.14. The van der Waals surface area contributed by atoms with Crippen LogP contribution < -0.4 is 10.6 Å². The summed E-state index contributed by atoms with van der Waals surface area (Å²) >= 11 is 0. The summed E-state index contributed by atoms with van der Waals surface area (Å²) in [5.74, 6) is 1.02. The Morgan fingerprint density at radius 1 is 1.39 bits per heavy atom. The van der Waals surface area contributed by atoms with Crippen molar-refractivity contribution >= 4 is 22.4 Å². The van der Waals surface area contributed by atoms with Crippen LogP contribution in [-0.4, -0.2) is 35.2 Å². The molecule has 0 aliphatic rings. The minimum absolute atomic E-state index is 0.117. The van der Waals surface area contributed by atoms with Gasteiger partial charge in [-0.2, -0.15) is 0 Å². The molecule has 5 heteroatoms. The summed E-state index contributed by atoms with van der Waals surface area (Å²) in [5.41, 5.74) is 2.68. The zero-order valence-electron chi connectivity index (χ0n) is 11.1. The second kappa shape index (κ2) is 7.16. The van der Waals surface area contributed by atoms with Gasteiger partial charge < -0.3 is 10.6 Å². The average Bonchev–Trinajstić information content (AvgIpc) is 2.38. The number of hydrogen-bond acceptors (Lipinski definition) is 3. The van der Waals surface area contributed by atoms with Crippen molar-refractivity contribution in [3.63, 3.8) is 0 Å². The summed E-state index contributed by atoms with van der Waals surface area (Å²) in [6, 6.07) is 5.51. The molecule has 0 fully saturated rings. The minimum Gasteiger partial charge on any atom is -0.388 e. The minimum atomic E-state index is -0.834. The molecule has 0 aliphatic heterocycles. The maximum absolute atomic E-state index is 11.8. The molecular weight excluding hydrogens is 248 g/mol. The van der Waals surface area contributed by atoms with E-state index < -0.39 is 10.8 Å². The SMILES string of the molecule is CCS(=O)CCNC(=O)c1ccc(NC)c(C)c1. The van der Waals surface area contributed by atoms with Gasteiger partial charge in [0, 0.05) is 47.1 Å². The summed E-state index contributed by atoms with van der Waals surface area (Å²) in [5, 5.41) is 5.83. The van der Waals surface area contributed by atoms with Crippen molar-refractivity contribution in [2.45, 2.75) is 13.8 Å². The maximum atomic E-state index is 11.8. The average molecular weight is 268 g/mol. The van der Waals surface area contributed by atoms with Crippen LogP contribution in [0.2, 0.25) is 0 Å². The highest BCUT2D eigenvalue weighted by atomic mass is 32.2. The number of carbonyl (C=O) groups is 1. The zero-order valence-corrected chi connectivity index (χ0v) is 11.9. The van der Waals surface area contributed by atoms with Crippen LogP contribution in [0.5, 0.6) is 0 Å². The molecule has 0 radical (unpaired) electrons. The standard InChI is InChI=1S/C13H20N2O2S/c1-4-18(17)8-7-15-13(16)11-5-6-12(14-3)10(2)9-11/h5-6,9,14H,4,7-8H2,1-3H3,(H,15,16). The molecule has 0 bridgehead atoms. The Hall–Kier alpha value is -1.36. The lowest BCUT2D eigenvalue weighted by Gasteiger charge is -2.08. The second-order valence-corrected chi connectivity index (χ2v) is 5.83. The molecule has 0 saturated heterocycles. The van der Waals surface area contributed by atoms with Crippen LogP contribution in [0.3, 0.4) is 0 Å². The highest BCUT2D eigenvalue weighted by Crippen LogP contribution is 2.15. The van der Waals surface area contributed by atoms with E-state index in [1.54, 1.807) is 6.07 Å². The van der Waals surface area contributed by atoms with E-state index in [1.807, 2.05) is 33.0 Å². The molecule has 1 aromatic carbocycles. The quantitative estimate of drug-likeness (QED) is 0.822. The van der Waals surface area contributed by atoms with E-state index in [1.165, 1.54) is 0 Å². The first-order chi connectivity index (χ1) is 8.58. The number of benzene rings is 1. The van der Waals surface area contributed by atoms with Crippen LogP contribution in [0, 0.1) is 6.92 Å². The van der Waals surface area contributed by atoms with Gasteiger partial charge >= 0.3 is 0 Å². The number of aryl methyl sites for hydroxylation is 1. The molecule has 0 spiro atoms. The number of rotatable bonds is 6. The molecule has 0 aromatic heterocycles. The van der Waals surface area contributed by atoms with E-state index >= 15 is 0 Å². The molecule has 18 heavy (non-hydrogen) atoms. The van der Waals surface area contributed by atoms with Crippen LogP contribution in [0.1, 0.15) is 22.8 Å². The lowest BCUT2D eigenvalue weighted by molar-refractivity contribution is 0.0956. The molecule has 1 atom stereocenters. The van der Waals surface area contributed by atoms with E-state index in [0.29, 0.717) is 23.6 Å². The van der Waals surface area contributed by atoms with Gasteiger partial charge in [-0.15, -0.1) is 0 Å². The predicted molar refractivity (Wildman–Crippen MR) is 76.6 cm³/mol. The van der Waals surface area contributed by atoms with Crippen molar-refractivity contribution in [2.75, 3.05) is 30.4 Å². The number of carbonyl (C=O) groups excluding carboxylic acids is 1. The Morgan fingerprint density at radius 3 is 2.67 bits per heavy atom. The maximum Gasteiger partial charge on any atom is 0.251 e. The van der Waals surface area contributed by atoms with E-state index in [9.17, 15) is 9.00 Å². The summed E-state index contributed by atoms with van der Waals surface area (Å²) in [4.78, 5) is 11.8. The second-order valence-electron chi connectivity index (χ2n) is 3.97. The smallest absolute Gasteiger partial charge is 0.251 e. The van der Waals surface area contributed by atoms with Gasteiger partial charge in [0.15, 0.2) is 0 Å². The summed E-state index contributed by atoms with van der Waals surface area (Å²) in [7, 11) is 1.02. The van der Waals surface area contributed by atoms with Crippen LogP contribution in [0.25, 0.3) is 0 Å². The molecule has 1 aromatic rings. The first kappa shape index (κ1) is 14.7. The monoisotopic (exact) mass is 268 g/mol. The van der Waals surface area contributed by atoms with Crippen molar-refractivity contribution < 1.29 is 9.00 Å². The van der Waals surface area contributed by atoms with Gasteiger partial charge in [-0.1, -0.05) is 6.92 Å². The van der Waals surface area contributed by atoms with Crippen molar-refractivity contribution in [3.05, 3.63) is 29.3 Å². The van der Waals surface area contributed by atoms with Gasteiger partial charge in [-0.3, -0.25) is 9.00 Å². The lowest BCUT2D eigenvalue weighted by atomic mass is 10.1. The molecule has 1 rings (SSSR count). The zero-order chi connectivity index (χ0) is 13.5. The van der Waals surface area contributed by atoms with Gasteiger partial charge in [0.1, 0.15) is 0 Å². The fourth-order valence-electron chi connectivity index (χ4n) is 1.61. The molecule has 0 heterocycles. The number of nitrogens with one attached hydrogen (secondary N) is 2. The molecule has 0 saturated carbocycles. The number of hydrogen-bond donors (Lipinski definition) is 2. The Kier molecular flexibility index (Phi) is 5.85. The molecule has 1 amide bonds. The van der Waals surface area contributed by atoms with Crippen molar-refractivity contribution in [1.82, 2.24) is 5.32 Å². The van der Waals surface area contributed by atoms with Crippen molar-refractivity contribution in [1.29, 1.82) is 0 Å². The third-order valence-corrected chi connectivity index (χ3v) is 4.00. The van der Waals surface area contributed by atoms with E-state index in [0.717, 1.165) is 11.3 Å². The van der Waals surface area contributed by atoms with E-state index in [-0.39, 0.29) is 5.91 Å². The van der Waals surface area contributed by atoms with Gasteiger partial charge in [-0.05, 0) is 30.7 Å². The molecule has 0 aliphatic carbocycles. The molecular formula is C13H20N2O2S. The van der Waals surface area contributed by atoms with Crippen LogP contribution in [-0.2, 0) is 10.8 Å². The highest BCUT2D eigenvalue weighted by molar-refractivity contribution is 7.84. The van der Waals surface area contributed by atoms with Crippen LogP contribution in [0.4, 0.5) is 5.69 Å². The van der Waals surface area contributed by atoms with Gasteiger partial charge in [0.05, 0.1) is 0 Å². The van der Waals surface area contributed by atoms with Crippen LogP contribution >= 0.6 is 0 Å². The van der Waals surface area contributed by atoms with Gasteiger partial charge in [0.25, 0.3) is 5.91 Å². The largest absolute Gasteiger partial charge is 0.388 e. The predicted octanol–water partition coefficient (Wildman–Crippen LogP) is 1.54. The molecule has 2 N–H and O–H groups in total. The normalized spacial score (nSPS) is 11.9. The Bertz CT molecular complexity index is 447. The van der Waals surface area contributed by atoms with Crippen LogP contribution in [0.15, 0.2) is 18.2 Å². The molecule has 1 unspecified atom stereocenters. The lowest BCUT2D eigenvalue weighted by Crippen LogP contribution is -2.28. The van der Waals surface area contributed by atoms with Crippen molar-refractivity contribution in [3.8, 4) is 0 Å². The van der Waals surface area contributed by atoms with Gasteiger partial charge in [-0.25, -0.2) is 0 Å². The summed E-state index contributed by atoms with van der Waals surface area (Å²) in [6.45, 7) is 4.28. The Morgan fingerprint density at radius 2 is 2.11 bits per heavy atom. The number of amides is 1. The van der Waals surface area contributed by atoms with E-state index in [2.05, 4.69) is 10.6 Å². The Labute approximate surface area is 111 Å². The Balaban J connectivity index is 2.56. The molecule has 100 valence electrons. The van der Waals surface area contributed by atoms with Gasteiger partial charge in [0.2, 0.25) is 0 Å². The fraction of sp³-hybridized carbons (Fsp3) is 0.462. The fourth-order valence-corrected chi connectivity index (χ4v) is 2.23. The van der Waals surface area contributed by atoms with Crippen molar-refractivity contribution in [2.24, 2.45) is 0 Å². The number of anilines is 1. The molecule has 4 nitrogen and oxygen atoms in total. The summed E-state index contributed by atoms with van der Waals surface area (Å²) in [6.07, 6.45) is 0. The highest BCUT2D eigenvalue weighted by Gasteiger charge is 2.07. The first-order valence-corrected chi connectivity index (χ1v) is 7.48.